The molecule has 6 heteroatoms. The number of ether oxygens (including phenoxy) is 1. The van der Waals surface area contributed by atoms with E-state index in [0.29, 0.717) is 11.5 Å². The van der Waals surface area contributed by atoms with Crippen LogP contribution in [0.3, 0.4) is 0 Å². The van der Waals surface area contributed by atoms with Gasteiger partial charge >= 0.3 is 0 Å². The van der Waals surface area contributed by atoms with E-state index < -0.39 is 0 Å². The van der Waals surface area contributed by atoms with Crippen LogP contribution in [-0.2, 0) is 48.1 Å². The minimum absolute atomic E-state index is 0. The molecule has 0 radical (unpaired) electrons. The summed E-state index contributed by atoms with van der Waals surface area (Å²) >= 11 is 0. The zero-order valence-electron chi connectivity index (χ0n) is 45.9. The Kier molecular flexibility index (Phi) is 13.4. The second-order valence-corrected chi connectivity index (χ2v) is 25.2. The molecular formula is C68H70N4OPt-2. The summed E-state index contributed by atoms with van der Waals surface area (Å²) in [6.45, 7) is 34.4. The molecule has 0 bridgehead atoms. The minimum atomic E-state index is -0.0637. The number of hydrogen-bond donors (Lipinski definition) is 0. The van der Waals surface area contributed by atoms with Gasteiger partial charge in [-0.3, -0.25) is 4.57 Å². The molecule has 7 aromatic carbocycles. The Morgan fingerprint density at radius 1 is 0.459 bits per heavy atom. The number of fused-ring (bicyclic) bond motifs is 4. The number of rotatable bonds is 7. The van der Waals surface area contributed by atoms with Crippen LogP contribution in [0.25, 0.3) is 72.3 Å². The van der Waals surface area contributed by atoms with Gasteiger partial charge < -0.3 is 13.9 Å². The molecule has 0 fully saturated rings. The molecule has 0 saturated carbocycles. The van der Waals surface area contributed by atoms with Gasteiger partial charge in [0.2, 0.25) is 0 Å². The monoisotopic (exact) mass is 1150 g/mol. The molecule has 380 valence electrons. The second-order valence-electron chi connectivity index (χ2n) is 25.2. The van der Waals surface area contributed by atoms with E-state index in [4.69, 9.17) is 9.72 Å². The summed E-state index contributed by atoms with van der Waals surface area (Å²) in [6.07, 6.45) is 5.83. The predicted molar refractivity (Wildman–Crippen MR) is 304 cm³/mol. The van der Waals surface area contributed by atoms with Gasteiger partial charge in [-0.25, -0.2) is 4.98 Å². The number of hydrogen-bond acceptors (Lipinski definition) is 2. The van der Waals surface area contributed by atoms with Gasteiger partial charge in [-0.15, -0.1) is 29.7 Å². The summed E-state index contributed by atoms with van der Waals surface area (Å²) in [6, 6.07) is 60.2. The van der Waals surface area contributed by atoms with Gasteiger partial charge in [0, 0.05) is 44.3 Å². The van der Waals surface area contributed by atoms with Crippen molar-refractivity contribution in [1.82, 2.24) is 14.1 Å². The van der Waals surface area contributed by atoms with Crippen LogP contribution in [-0.4, -0.2) is 14.1 Å². The largest absolute Gasteiger partial charge is 0.510 e. The zero-order valence-corrected chi connectivity index (χ0v) is 48.2. The van der Waals surface area contributed by atoms with E-state index in [1.54, 1.807) is 0 Å². The number of imidazole rings is 1. The summed E-state index contributed by atoms with van der Waals surface area (Å²) in [7, 11) is 0. The van der Waals surface area contributed by atoms with Crippen LogP contribution in [0.5, 0.6) is 11.5 Å². The van der Waals surface area contributed by atoms with Crippen molar-refractivity contribution in [2.45, 2.75) is 131 Å². The van der Waals surface area contributed by atoms with Crippen molar-refractivity contribution in [2.24, 2.45) is 0 Å². The van der Waals surface area contributed by atoms with Crippen molar-refractivity contribution in [2.75, 3.05) is 0 Å². The van der Waals surface area contributed by atoms with Crippen LogP contribution in [0.15, 0.2) is 152 Å². The maximum absolute atomic E-state index is 6.75. The van der Waals surface area contributed by atoms with Crippen molar-refractivity contribution in [3.63, 3.8) is 0 Å². The van der Waals surface area contributed by atoms with E-state index >= 15 is 0 Å². The molecule has 0 saturated heterocycles. The number of benzene rings is 7. The molecule has 0 aliphatic heterocycles. The summed E-state index contributed by atoms with van der Waals surface area (Å²) in [4.78, 5) is 4.89. The third-order valence-electron chi connectivity index (χ3n) is 14.4. The first-order valence-electron chi connectivity index (χ1n) is 25.9. The molecule has 0 atom stereocenters. The van der Waals surface area contributed by atoms with Gasteiger partial charge in [-0.05, 0) is 106 Å². The quantitative estimate of drug-likeness (QED) is 0.118. The Morgan fingerprint density at radius 3 is 1.54 bits per heavy atom. The van der Waals surface area contributed by atoms with Crippen molar-refractivity contribution in [1.29, 1.82) is 0 Å². The molecule has 10 rings (SSSR count). The normalized spacial score (nSPS) is 12.7. The Hall–Kier alpha value is -6.55. The first-order valence-corrected chi connectivity index (χ1v) is 25.9. The van der Waals surface area contributed by atoms with E-state index in [1.165, 1.54) is 38.9 Å². The van der Waals surface area contributed by atoms with E-state index in [1.807, 2.05) is 24.4 Å². The van der Waals surface area contributed by atoms with Gasteiger partial charge in [0.15, 0.2) is 0 Å². The topological polar surface area (TPSA) is 35.9 Å². The molecular weight excluding hydrogens is 1080 g/mol. The van der Waals surface area contributed by atoms with Crippen molar-refractivity contribution in [3.05, 3.63) is 198 Å². The number of para-hydroxylation sites is 4. The van der Waals surface area contributed by atoms with Crippen LogP contribution in [0.4, 0.5) is 0 Å². The van der Waals surface area contributed by atoms with E-state index in [9.17, 15) is 0 Å². The third kappa shape index (κ3) is 10.1. The van der Waals surface area contributed by atoms with Crippen LogP contribution in [0.1, 0.15) is 132 Å². The Balaban J connectivity index is 0.00000672. The first-order chi connectivity index (χ1) is 34.3. The van der Waals surface area contributed by atoms with Gasteiger partial charge in [0.1, 0.15) is 5.82 Å². The molecule has 10 aromatic rings. The SMILES string of the molecule is CC(C)(C)c1cc(-c2cccc(-c3cc(C(C)(C)C)cc(C(C)(C)C)c3)c2-[n+]2[c-]n(-c3[c-]c(Oc4[c-]c5c(cc4)c4ccccc4n5-c4cc(C(C)(C)C)ccn4)ccc3)c3ccccc32)cc(C(C)(C)C)c1.[Pt]. The van der Waals surface area contributed by atoms with E-state index in [-0.39, 0.29) is 48.1 Å². The smallest absolute Gasteiger partial charge is 0.268 e. The van der Waals surface area contributed by atoms with Crippen molar-refractivity contribution >= 4 is 32.8 Å². The Morgan fingerprint density at radius 2 is 0.973 bits per heavy atom. The van der Waals surface area contributed by atoms with Crippen molar-refractivity contribution < 1.29 is 30.4 Å². The van der Waals surface area contributed by atoms with Crippen LogP contribution in [0, 0.1) is 18.5 Å². The molecule has 0 aliphatic carbocycles. The molecule has 0 spiro atoms. The fourth-order valence-corrected chi connectivity index (χ4v) is 9.88. The molecule has 74 heavy (non-hydrogen) atoms. The average molecular weight is 1150 g/mol. The number of pyridine rings is 1. The average Bonchev–Trinajstić information content (AvgIpc) is 3.88. The minimum Gasteiger partial charge on any atom is -0.510 e. The van der Waals surface area contributed by atoms with Crippen molar-refractivity contribution in [3.8, 4) is 50.9 Å². The first kappa shape index (κ1) is 52.3. The molecule has 0 amide bonds. The van der Waals surface area contributed by atoms with Gasteiger partial charge in [0.05, 0.1) is 16.7 Å². The summed E-state index contributed by atoms with van der Waals surface area (Å²) in [5, 5.41) is 2.22. The fourth-order valence-electron chi connectivity index (χ4n) is 9.88. The van der Waals surface area contributed by atoms with Gasteiger partial charge in [-0.1, -0.05) is 206 Å². The fraction of sp³-hybridized carbons (Fsp3) is 0.294. The maximum atomic E-state index is 6.75. The summed E-state index contributed by atoms with van der Waals surface area (Å²) < 4.78 is 13.4. The van der Waals surface area contributed by atoms with Crippen LogP contribution < -0.4 is 9.30 Å². The van der Waals surface area contributed by atoms with Crippen LogP contribution in [0.2, 0.25) is 0 Å². The number of nitrogens with zero attached hydrogens (tertiary/aromatic N) is 4. The maximum Gasteiger partial charge on any atom is 0.268 e. The molecule has 3 heterocycles. The molecule has 0 aliphatic rings. The van der Waals surface area contributed by atoms with Gasteiger partial charge in [0.25, 0.3) is 6.33 Å². The summed E-state index contributed by atoms with van der Waals surface area (Å²) in [5.74, 6) is 2.01. The Labute approximate surface area is 454 Å². The molecule has 3 aromatic heterocycles. The molecule has 0 unspecified atom stereocenters. The standard InChI is InChI=1S/C68H70N4O.Pt/c1-64(2,3)46-32-33-69-62(40-46)72-58-27-17-16-24-56(58)57-31-30-53(42-61(57)72)73-52-23-20-22-51(41-52)70-43-71(60-29-19-18-28-59(60)70)63-54(44-34-47(65(4,5)6)38-48(35-44)66(7,8)9)25-21-26-55(63)45-36-49(67(10,11)12)39-50(37-45)68(13,14)15;/h16-40H,1-15H3;/q-2;. The summed E-state index contributed by atoms with van der Waals surface area (Å²) in [5.41, 5.74) is 16.7. The van der Waals surface area contributed by atoms with E-state index in [2.05, 4.69) is 263 Å². The zero-order chi connectivity index (χ0) is 52.0. The third-order valence-corrected chi connectivity index (χ3v) is 14.4. The van der Waals surface area contributed by atoms with E-state index in [0.717, 1.165) is 61.2 Å². The molecule has 0 N–H and O–H groups in total. The predicted octanol–water partition coefficient (Wildman–Crippen LogP) is 17.4. The second kappa shape index (κ2) is 19.0. The Bertz CT molecular complexity index is 3580. The number of aromatic nitrogens is 4. The molecule has 5 nitrogen and oxygen atoms in total. The van der Waals surface area contributed by atoms with Crippen LogP contribution >= 0.6 is 0 Å². The van der Waals surface area contributed by atoms with Gasteiger partial charge in [-0.2, -0.15) is 18.2 Å².